The maximum atomic E-state index is 12.4. The highest BCUT2D eigenvalue weighted by Gasteiger charge is 2.04. The maximum absolute atomic E-state index is 12.4. The maximum Gasteiger partial charge on any atom is 0.222 e. The Labute approximate surface area is 86.5 Å². The van der Waals surface area contributed by atoms with Crippen molar-refractivity contribution in [1.29, 1.82) is 0 Å². The number of hydrogen-bond donors (Lipinski definition) is 1. The Morgan fingerprint density at radius 1 is 1.57 bits per heavy atom. The van der Waals surface area contributed by atoms with Gasteiger partial charge in [-0.2, -0.15) is 0 Å². The van der Waals surface area contributed by atoms with Gasteiger partial charge in [-0.15, -0.1) is 11.6 Å². The van der Waals surface area contributed by atoms with E-state index in [4.69, 9.17) is 16.3 Å². The fraction of sp³-hybridized carbons (Fsp3) is 0.500. The summed E-state index contributed by atoms with van der Waals surface area (Å²) in [7, 11) is 1.57. The second-order valence-corrected chi connectivity index (χ2v) is 3.28. The molecule has 0 aliphatic rings. The van der Waals surface area contributed by atoms with Gasteiger partial charge in [0, 0.05) is 13.7 Å². The first kappa shape index (κ1) is 11.1. The largest absolute Gasteiger partial charge is 0.383 e. The summed E-state index contributed by atoms with van der Waals surface area (Å²) in [4.78, 5) is 7.43. The molecule has 0 amide bonds. The first-order chi connectivity index (χ1) is 6.72. The zero-order valence-corrected chi connectivity index (χ0v) is 8.46. The van der Waals surface area contributed by atoms with E-state index in [1.165, 1.54) is 0 Å². The molecule has 1 unspecified atom stereocenters. The monoisotopic (exact) mass is 219 g/mol. The van der Waals surface area contributed by atoms with E-state index in [0.717, 1.165) is 12.4 Å². The Kier molecular flexibility index (Phi) is 4.55. The van der Waals surface area contributed by atoms with Crippen LogP contribution in [0.25, 0.3) is 0 Å². The topological polar surface area (TPSA) is 47.0 Å². The minimum Gasteiger partial charge on any atom is -0.383 e. The molecule has 78 valence electrons. The van der Waals surface area contributed by atoms with E-state index in [2.05, 4.69) is 15.3 Å². The first-order valence-corrected chi connectivity index (χ1v) is 4.50. The fourth-order valence-corrected chi connectivity index (χ4v) is 1.05. The van der Waals surface area contributed by atoms with Crippen LogP contribution in [0.2, 0.25) is 0 Å². The smallest absolute Gasteiger partial charge is 0.222 e. The Morgan fingerprint density at radius 2 is 2.21 bits per heavy atom. The van der Waals surface area contributed by atoms with Crippen molar-refractivity contribution in [2.75, 3.05) is 25.6 Å². The normalized spacial score (nSPS) is 12.5. The molecule has 1 aromatic heterocycles. The molecular weight excluding hydrogens is 209 g/mol. The van der Waals surface area contributed by atoms with Gasteiger partial charge in [0.2, 0.25) is 5.95 Å². The highest BCUT2D eigenvalue weighted by molar-refractivity contribution is 6.21. The molecule has 0 aliphatic heterocycles. The number of nitrogens with zero attached hydrogens (tertiary/aromatic N) is 2. The number of aromatic nitrogens is 2. The van der Waals surface area contributed by atoms with Crippen LogP contribution in [0.4, 0.5) is 10.3 Å². The van der Waals surface area contributed by atoms with Crippen LogP contribution < -0.4 is 5.32 Å². The van der Waals surface area contributed by atoms with Crippen LogP contribution in [-0.2, 0) is 4.74 Å². The minimum atomic E-state index is -0.463. The quantitative estimate of drug-likeness (QED) is 0.758. The van der Waals surface area contributed by atoms with E-state index in [9.17, 15) is 4.39 Å². The molecule has 1 N–H and O–H groups in total. The van der Waals surface area contributed by atoms with Crippen LogP contribution in [-0.4, -0.2) is 35.6 Å². The van der Waals surface area contributed by atoms with Crippen molar-refractivity contribution >= 4 is 17.5 Å². The predicted octanol–water partition coefficient (Wildman–Crippen LogP) is 1.28. The summed E-state index contributed by atoms with van der Waals surface area (Å²) in [5.74, 6) is -0.108. The van der Waals surface area contributed by atoms with Gasteiger partial charge in [-0.3, -0.25) is 0 Å². The van der Waals surface area contributed by atoms with E-state index in [0.29, 0.717) is 19.1 Å². The van der Waals surface area contributed by atoms with Crippen molar-refractivity contribution in [1.82, 2.24) is 9.97 Å². The van der Waals surface area contributed by atoms with Gasteiger partial charge in [0.25, 0.3) is 0 Å². The number of anilines is 1. The molecule has 14 heavy (non-hydrogen) atoms. The molecule has 1 heterocycles. The van der Waals surface area contributed by atoms with Crippen LogP contribution >= 0.6 is 11.6 Å². The summed E-state index contributed by atoms with van der Waals surface area (Å²) < 4.78 is 17.2. The summed E-state index contributed by atoms with van der Waals surface area (Å²) in [6, 6.07) is 0. The molecule has 0 fully saturated rings. The molecule has 1 rings (SSSR count). The Balaban J connectivity index is 2.34. The second kappa shape index (κ2) is 5.72. The average molecular weight is 220 g/mol. The van der Waals surface area contributed by atoms with Crippen LogP contribution in [0, 0.1) is 5.82 Å². The molecule has 0 aromatic carbocycles. The molecule has 0 saturated heterocycles. The van der Waals surface area contributed by atoms with Crippen LogP contribution in [0.3, 0.4) is 0 Å². The number of hydrogen-bond acceptors (Lipinski definition) is 4. The van der Waals surface area contributed by atoms with E-state index in [1.807, 2.05) is 0 Å². The highest BCUT2D eigenvalue weighted by atomic mass is 35.5. The van der Waals surface area contributed by atoms with Gasteiger partial charge in [-0.25, -0.2) is 14.4 Å². The Hall–Kier alpha value is -0.940. The minimum absolute atomic E-state index is 0.159. The molecule has 0 spiro atoms. The van der Waals surface area contributed by atoms with Crippen LogP contribution in [0.5, 0.6) is 0 Å². The molecule has 1 aromatic rings. The summed E-state index contributed by atoms with van der Waals surface area (Å²) in [5, 5.41) is 2.70. The highest BCUT2D eigenvalue weighted by Crippen LogP contribution is 2.01. The van der Waals surface area contributed by atoms with Crippen LogP contribution in [0.1, 0.15) is 0 Å². The zero-order valence-electron chi connectivity index (χ0n) is 7.70. The van der Waals surface area contributed by atoms with Crippen molar-refractivity contribution in [3.8, 4) is 0 Å². The lowest BCUT2D eigenvalue weighted by Gasteiger charge is -2.08. The van der Waals surface area contributed by atoms with Gasteiger partial charge >= 0.3 is 0 Å². The van der Waals surface area contributed by atoms with Crippen molar-refractivity contribution in [2.24, 2.45) is 0 Å². The van der Waals surface area contributed by atoms with Crippen molar-refractivity contribution in [2.45, 2.75) is 5.38 Å². The molecule has 0 bridgehead atoms. The van der Waals surface area contributed by atoms with Gasteiger partial charge in [-0.05, 0) is 0 Å². The SMILES string of the molecule is COCC(Cl)CNc1ncc(F)cn1. The molecule has 4 nitrogen and oxygen atoms in total. The number of halogens is 2. The molecule has 0 radical (unpaired) electrons. The van der Waals surface area contributed by atoms with E-state index in [1.54, 1.807) is 7.11 Å². The lowest BCUT2D eigenvalue weighted by atomic mass is 10.4. The third kappa shape index (κ3) is 3.85. The standard InChI is InChI=1S/C8H11ClFN3O/c1-14-5-6(9)2-11-8-12-3-7(10)4-13-8/h3-4,6H,2,5H2,1H3,(H,11,12,13). The average Bonchev–Trinajstić information content (AvgIpc) is 2.17. The molecule has 0 aliphatic carbocycles. The lowest BCUT2D eigenvalue weighted by Crippen LogP contribution is -2.20. The summed E-state index contributed by atoms with van der Waals surface area (Å²) in [5.41, 5.74) is 0. The van der Waals surface area contributed by atoms with Gasteiger partial charge in [0.05, 0.1) is 24.4 Å². The predicted molar refractivity (Wildman–Crippen MR) is 52.0 cm³/mol. The van der Waals surface area contributed by atoms with E-state index >= 15 is 0 Å². The van der Waals surface area contributed by atoms with Gasteiger partial charge in [0.1, 0.15) is 0 Å². The second-order valence-electron chi connectivity index (χ2n) is 2.66. The third-order valence-corrected chi connectivity index (χ3v) is 1.73. The van der Waals surface area contributed by atoms with Gasteiger partial charge in [0.15, 0.2) is 5.82 Å². The van der Waals surface area contributed by atoms with Crippen LogP contribution in [0.15, 0.2) is 12.4 Å². The molecule has 1 atom stereocenters. The lowest BCUT2D eigenvalue weighted by molar-refractivity contribution is 0.200. The molecule has 6 heteroatoms. The van der Waals surface area contributed by atoms with Gasteiger partial charge in [-0.1, -0.05) is 0 Å². The molecular formula is C8H11ClFN3O. The Bertz CT molecular complexity index is 270. The number of methoxy groups -OCH3 is 1. The number of alkyl halides is 1. The van der Waals surface area contributed by atoms with E-state index < -0.39 is 5.82 Å². The number of ether oxygens (including phenoxy) is 1. The summed E-state index contributed by atoms with van der Waals surface area (Å²) >= 11 is 5.84. The van der Waals surface area contributed by atoms with Crippen molar-refractivity contribution in [3.05, 3.63) is 18.2 Å². The van der Waals surface area contributed by atoms with Crippen molar-refractivity contribution in [3.63, 3.8) is 0 Å². The number of nitrogens with one attached hydrogen (secondary N) is 1. The summed E-state index contributed by atoms with van der Waals surface area (Å²) in [6.45, 7) is 0.913. The zero-order chi connectivity index (χ0) is 10.4. The first-order valence-electron chi connectivity index (χ1n) is 4.07. The van der Waals surface area contributed by atoms with E-state index in [-0.39, 0.29) is 5.38 Å². The summed E-state index contributed by atoms with van der Waals surface area (Å²) in [6.07, 6.45) is 2.18. The third-order valence-electron chi connectivity index (χ3n) is 1.45. The molecule has 0 saturated carbocycles. The van der Waals surface area contributed by atoms with Crippen molar-refractivity contribution < 1.29 is 9.13 Å². The fourth-order valence-electron chi connectivity index (χ4n) is 0.845. The number of rotatable bonds is 5. The van der Waals surface area contributed by atoms with Gasteiger partial charge < -0.3 is 10.1 Å². The Morgan fingerprint density at radius 3 is 2.79 bits per heavy atom.